The molecular formula is C16H24N2O6S. The zero-order valence-electron chi connectivity index (χ0n) is 14.6. The van der Waals surface area contributed by atoms with Crippen LogP contribution in [0.1, 0.15) is 25.0 Å². The molecule has 0 radical (unpaired) electrons. The van der Waals surface area contributed by atoms with Crippen molar-refractivity contribution in [1.82, 2.24) is 9.62 Å². The highest BCUT2D eigenvalue weighted by Crippen LogP contribution is 2.46. The molecule has 9 heteroatoms. The molecule has 1 unspecified atom stereocenters. The highest BCUT2D eigenvalue weighted by atomic mass is 32.2. The zero-order valence-corrected chi connectivity index (χ0v) is 15.4. The second kappa shape index (κ2) is 6.73. The minimum absolute atomic E-state index is 0.0619. The van der Waals surface area contributed by atoms with E-state index in [4.69, 9.17) is 18.8 Å². The van der Waals surface area contributed by atoms with Crippen LogP contribution in [0, 0.1) is 0 Å². The third-order valence-corrected chi connectivity index (χ3v) is 5.26. The smallest absolute Gasteiger partial charge is 0.333 e. The number of nitrogens with one attached hydrogen (secondary N) is 1. The first kappa shape index (κ1) is 18.4. The molecule has 2 N–H and O–H groups in total. The predicted molar refractivity (Wildman–Crippen MR) is 91.2 cm³/mol. The van der Waals surface area contributed by atoms with Crippen molar-refractivity contribution in [2.75, 3.05) is 33.4 Å². The first-order valence-electron chi connectivity index (χ1n) is 8.14. The van der Waals surface area contributed by atoms with E-state index in [2.05, 4.69) is 23.5 Å². The molecule has 2 aliphatic rings. The Labute approximate surface area is 147 Å². The Morgan fingerprint density at radius 1 is 1.36 bits per heavy atom. The van der Waals surface area contributed by atoms with E-state index in [1.807, 2.05) is 6.07 Å². The van der Waals surface area contributed by atoms with Crippen molar-refractivity contribution in [2.45, 2.75) is 32.0 Å². The Kier molecular flexibility index (Phi) is 4.95. The van der Waals surface area contributed by atoms with Crippen LogP contribution in [0.25, 0.3) is 0 Å². The molecule has 1 saturated heterocycles. The van der Waals surface area contributed by atoms with E-state index in [0.29, 0.717) is 24.5 Å². The van der Waals surface area contributed by atoms with Gasteiger partial charge in [0.05, 0.1) is 20.3 Å². The molecule has 3 rings (SSSR count). The van der Waals surface area contributed by atoms with E-state index in [1.54, 1.807) is 6.07 Å². The molecule has 0 saturated carbocycles. The maximum atomic E-state index is 11.0. The number of benzene rings is 1. The highest BCUT2D eigenvalue weighted by molar-refractivity contribution is 7.83. The Morgan fingerprint density at radius 3 is 2.64 bits per heavy atom. The van der Waals surface area contributed by atoms with E-state index < -0.39 is 10.3 Å². The lowest BCUT2D eigenvalue weighted by atomic mass is 9.82. The molecule has 0 spiro atoms. The maximum absolute atomic E-state index is 11.0. The third kappa shape index (κ3) is 3.75. The number of methoxy groups -OCH3 is 1. The second-order valence-electron chi connectivity index (χ2n) is 6.80. The Hall–Kier alpha value is -1.39. The molecule has 25 heavy (non-hydrogen) atoms. The molecule has 0 aliphatic carbocycles. The summed E-state index contributed by atoms with van der Waals surface area (Å²) in [6.45, 7) is 7.11. The van der Waals surface area contributed by atoms with Crippen LogP contribution in [0.4, 0.5) is 0 Å². The average Bonchev–Trinajstić information content (AvgIpc) is 2.82. The normalized spacial score (nSPS) is 23.1. The van der Waals surface area contributed by atoms with Crippen molar-refractivity contribution in [1.29, 1.82) is 0 Å². The lowest BCUT2D eigenvalue weighted by molar-refractivity contribution is -0.0613. The van der Waals surface area contributed by atoms with Crippen LogP contribution >= 0.6 is 0 Å². The summed E-state index contributed by atoms with van der Waals surface area (Å²) in [5.41, 5.74) is 1.33. The fraction of sp³-hybridized carbons (Fsp3) is 0.625. The Morgan fingerprint density at radius 2 is 2.04 bits per heavy atom. The van der Waals surface area contributed by atoms with Gasteiger partial charge in [0.15, 0.2) is 6.23 Å². The molecular weight excluding hydrogens is 348 g/mol. The van der Waals surface area contributed by atoms with Crippen LogP contribution in [0.3, 0.4) is 0 Å². The molecule has 140 valence electrons. The van der Waals surface area contributed by atoms with Gasteiger partial charge in [-0.3, -0.25) is 9.45 Å². The van der Waals surface area contributed by atoms with E-state index in [-0.39, 0.29) is 18.2 Å². The minimum Gasteiger partial charge on any atom is -0.496 e. The van der Waals surface area contributed by atoms with Crippen LogP contribution in [-0.2, 0) is 27.0 Å². The van der Waals surface area contributed by atoms with Crippen molar-refractivity contribution in [3.8, 4) is 11.5 Å². The summed E-state index contributed by atoms with van der Waals surface area (Å²) in [5.74, 6) is 1.24. The van der Waals surface area contributed by atoms with Gasteiger partial charge in [0.25, 0.3) is 0 Å². The largest absolute Gasteiger partial charge is 0.496 e. The van der Waals surface area contributed by atoms with E-state index in [0.717, 1.165) is 24.4 Å². The molecule has 2 heterocycles. The van der Waals surface area contributed by atoms with E-state index in [9.17, 15) is 8.42 Å². The van der Waals surface area contributed by atoms with Crippen LogP contribution in [0.2, 0.25) is 0 Å². The molecule has 1 fully saturated rings. The molecule has 0 bridgehead atoms. The van der Waals surface area contributed by atoms with Crippen LogP contribution < -0.4 is 14.2 Å². The average molecular weight is 372 g/mol. The summed E-state index contributed by atoms with van der Waals surface area (Å²) in [6.07, 6.45) is -0.124. The van der Waals surface area contributed by atoms with Gasteiger partial charge in [-0.05, 0) is 6.07 Å². The van der Waals surface area contributed by atoms with Crippen molar-refractivity contribution < 1.29 is 27.2 Å². The van der Waals surface area contributed by atoms with Gasteiger partial charge in [0, 0.05) is 42.2 Å². The van der Waals surface area contributed by atoms with Gasteiger partial charge in [-0.25, -0.2) is 0 Å². The van der Waals surface area contributed by atoms with Crippen LogP contribution in [0.15, 0.2) is 12.1 Å². The summed E-state index contributed by atoms with van der Waals surface area (Å²) >= 11 is 0. The molecule has 1 aromatic rings. The molecule has 0 aromatic heterocycles. The number of hydrogen-bond donors (Lipinski definition) is 2. The van der Waals surface area contributed by atoms with Crippen LogP contribution in [0.5, 0.6) is 11.5 Å². The standard InChI is InChI=1S/C16H24N2O6S/c1-16(2)12-8-11(10-17-25(19,20)21)13(22-3)9-14(12)24-15(16)18-4-6-23-7-5-18/h8-9,15,17H,4-7,10H2,1-3H3,(H,19,20,21). The number of nitrogens with zero attached hydrogens (tertiary/aromatic N) is 1. The number of rotatable bonds is 5. The van der Waals surface area contributed by atoms with E-state index in [1.165, 1.54) is 7.11 Å². The van der Waals surface area contributed by atoms with Crippen molar-refractivity contribution >= 4 is 10.3 Å². The van der Waals surface area contributed by atoms with Gasteiger partial charge in [-0.1, -0.05) is 13.8 Å². The first-order chi connectivity index (χ1) is 11.7. The fourth-order valence-electron chi connectivity index (χ4n) is 3.45. The topological polar surface area (TPSA) is 97.3 Å². The summed E-state index contributed by atoms with van der Waals surface area (Å²) in [6, 6.07) is 3.66. The van der Waals surface area contributed by atoms with Gasteiger partial charge in [-0.15, -0.1) is 0 Å². The molecule has 2 aliphatic heterocycles. The zero-order chi connectivity index (χ0) is 18.2. The van der Waals surface area contributed by atoms with Gasteiger partial charge >= 0.3 is 10.3 Å². The van der Waals surface area contributed by atoms with Crippen molar-refractivity contribution in [3.05, 3.63) is 23.3 Å². The molecule has 0 amide bonds. The minimum atomic E-state index is -4.28. The summed E-state index contributed by atoms with van der Waals surface area (Å²) in [4.78, 5) is 2.26. The second-order valence-corrected chi connectivity index (χ2v) is 8.04. The summed E-state index contributed by atoms with van der Waals surface area (Å²) in [7, 11) is -2.76. The quantitative estimate of drug-likeness (QED) is 0.742. The summed E-state index contributed by atoms with van der Waals surface area (Å²) < 4.78 is 50.0. The number of hydrogen-bond acceptors (Lipinski definition) is 6. The van der Waals surface area contributed by atoms with Gasteiger partial charge < -0.3 is 14.2 Å². The van der Waals surface area contributed by atoms with Gasteiger partial charge in [0.1, 0.15) is 11.5 Å². The highest BCUT2D eigenvalue weighted by Gasteiger charge is 2.45. The molecule has 8 nitrogen and oxygen atoms in total. The molecule has 1 atom stereocenters. The molecule has 1 aromatic carbocycles. The lowest BCUT2D eigenvalue weighted by Gasteiger charge is -2.38. The monoisotopic (exact) mass is 372 g/mol. The third-order valence-electron chi connectivity index (χ3n) is 4.76. The lowest BCUT2D eigenvalue weighted by Crippen LogP contribution is -2.52. The fourth-order valence-corrected chi connectivity index (χ4v) is 3.79. The predicted octanol–water partition coefficient (Wildman–Crippen LogP) is 0.916. The SMILES string of the molecule is COc1cc2c(cc1CNS(=O)(=O)O)C(C)(C)C(N1CCOCC1)O2. The van der Waals surface area contributed by atoms with Crippen LogP contribution in [-0.4, -0.2) is 57.5 Å². The first-order valence-corrected chi connectivity index (χ1v) is 9.58. The van der Waals surface area contributed by atoms with E-state index >= 15 is 0 Å². The Bertz CT molecular complexity index is 743. The number of fused-ring (bicyclic) bond motifs is 1. The summed E-state index contributed by atoms with van der Waals surface area (Å²) in [5, 5.41) is 0. The number of morpholine rings is 1. The van der Waals surface area contributed by atoms with Crippen molar-refractivity contribution in [3.63, 3.8) is 0 Å². The Balaban J connectivity index is 1.91. The van der Waals surface area contributed by atoms with Crippen molar-refractivity contribution in [2.24, 2.45) is 0 Å². The maximum Gasteiger partial charge on any atom is 0.333 e. The van der Waals surface area contributed by atoms with Gasteiger partial charge in [-0.2, -0.15) is 13.1 Å². The number of ether oxygens (including phenoxy) is 3. The van der Waals surface area contributed by atoms with Gasteiger partial charge in [0.2, 0.25) is 0 Å².